The predicted octanol–water partition coefficient (Wildman–Crippen LogP) is 0.608. The van der Waals surface area contributed by atoms with Crippen LogP contribution in [0.25, 0.3) is 0 Å². The second-order valence-electron chi connectivity index (χ2n) is 3.36. The van der Waals surface area contributed by atoms with E-state index < -0.39 is 10.0 Å². The number of hydrogen-bond acceptors (Lipinski definition) is 3. The van der Waals surface area contributed by atoms with E-state index in [0.29, 0.717) is 0 Å². The molecule has 0 saturated heterocycles. The lowest BCUT2D eigenvalue weighted by molar-refractivity contribution is 0.266. The first-order chi connectivity index (χ1) is 6.98. The Morgan fingerprint density at radius 2 is 1.80 bits per heavy atom. The first kappa shape index (κ1) is 12.2. The van der Waals surface area contributed by atoms with Crippen LogP contribution in [0.5, 0.6) is 0 Å². The number of aliphatic hydroxyl groups is 1. The van der Waals surface area contributed by atoms with Gasteiger partial charge in [0.15, 0.2) is 0 Å². The molecule has 1 N–H and O–H groups in total. The lowest BCUT2D eigenvalue weighted by Crippen LogP contribution is -2.29. The standard InChI is InChI=1S/C10H15NO3S/c1-9-3-5-10(6-4-9)15(13,14)11(2)7-8-12/h3-6,12H,7-8H2,1-2H3. The van der Waals surface area contributed by atoms with E-state index >= 15 is 0 Å². The van der Waals surface area contributed by atoms with Crippen molar-refractivity contribution in [2.75, 3.05) is 20.2 Å². The molecule has 0 aliphatic rings. The summed E-state index contributed by atoms with van der Waals surface area (Å²) >= 11 is 0. The van der Waals surface area contributed by atoms with Crippen molar-refractivity contribution in [1.82, 2.24) is 4.31 Å². The minimum atomic E-state index is -3.44. The molecule has 1 aromatic rings. The molecule has 0 bridgehead atoms. The molecule has 0 spiro atoms. The number of hydrogen-bond donors (Lipinski definition) is 1. The second kappa shape index (κ2) is 4.74. The Labute approximate surface area is 90.2 Å². The summed E-state index contributed by atoms with van der Waals surface area (Å²) in [5, 5.41) is 8.68. The number of aliphatic hydroxyl groups excluding tert-OH is 1. The van der Waals surface area contributed by atoms with Crippen molar-refractivity contribution in [3.63, 3.8) is 0 Å². The van der Waals surface area contributed by atoms with Crippen LogP contribution in [0.2, 0.25) is 0 Å². The van der Waals surface area contributed by atoms with Crippen molar-refractivity contribution in [2.45, 2.75) is 11.8 Å². The van der Waals surface area contributed by atoms with E-state index in [1.807, 2.05) is 6.92 Å². The van der Waals surface area contributed by atoms with E-state index in [1.54, 1.807) is 24.3 Å². The van der Waals surface area contributed by atoms with Gasteiger partial charge in [0.2, 0.25) is 10.0 Å². The third kappa shape index (κ3) is 2.77. The molecule has 1 rings (SSSR count). The van der Waals surface area contributed by atoms with E-state index in [4.69, 9.17) is 5.11 Å². The first-order valence-electron chi connectivity index (χ1n) is 4.62. The van der Waals surface area contributed by atoms with Crippen LogP contribution in [-0.4, -0.2) is 38.0 Å². The predicted molar refractivity (Wildman–Crippen MR) is 58.1 cm³/mol. The molecule has 0 heterocycles. The van der Waals surface area contributed by atoms with Crippen molar-refractivity contribution >= 4 is 10.0 Å². The number of nitrogens with zero attached hydrogens (tertiary/aromatic N) is 1. The number of aryl methyl sites for hydroxylation is 1. The molecule has 15 heavy (non-hydrogen) atoms. The molecule has 0 aliphatic heterocycles. The molecule has 84 valence electrons. The number of rotatable bonds is 4. The molecule has 0 aromatic heterocycles. The fraction of sp³-hybridized carbons (Fsp3) is 0.400. The molecule has 0 radical (unpaired) electrons. The highest BCUT2D eigenvalue weighted by Gasteiger charge is 2.19. The molecular weight excluding hydrogens is 214 g/mol. The maximum Gasteiger partial charge on any atom is 0.242 e. The van der Waals surface area contributed by atoms with Crippen LogP contribution in [0.3, 0.4) is 0 Å². The number of benzene rings is 1. The van der Waals surface area contributed by atoms with Crippen molar-refractivity contribution in [3.8, 4) is 0 Å². The van der Waals surface area contributed by atoms with Crippen LogP contribution < -0.4 is 0 Å². The normalized spacial score (nSPS) is 12.0. The van der Waals surface area contributed by atoms with Crippen molar-refractivity contribution in [2.24, 2.45) is 0 Å². The van der Waals surface area contributed by atoms with Gasteiger partial charge < -0.3 is 5.11 Å². The van der Waals surface area contributed by atoms with Gasteiger partial charge in [-0.1, -0.05) is 17.7 Å². The molecule has 5 heteroatoms. The zero-order chi connectivity index (χ0) is 11.5. The summed E-state index contributed by atoms with van der Waals surface area (Å²) in [7, 11) is -1.99. The third-order valence-electron chi connectivity index (χ3n) is 2.14. The summed E-state index contributed by atoms with van der Waals surface area (Å²) in [6, 6.07) is 6.64. The molecule has 0 aliphatic carbocycles. The molecule has 0 atom stereocenters. The van der Waals surface area contributed by atoms with Gasteiger partial charge in [0.25, 0.3) is 0 Å². The molecule has 4 nitrogen and oxygen atoms in total. The van der Waals surface area contributed by atoms with Gasteiger partial charge in [-0.15, -0.1) is 0 Å². The maximum atomic E-state index is 11.8. The molecule has 0 saturated carbocycles. The highest BCUT2D eigenvalue weighted by molar-refractivity contribution is 7.89. The average molecular weight is 229 g/mol. The molecule has 0 fully saturated rings. The van der Waals surface area contributed by atoms with E-state index in [1.165, 1.54) is 7.05 Å². The Bertz CT molecular complexity index is 411. The van der Waals surface area contributed by atoms with Gasteiger partial charge in [-0.2, -0.15) is 4.31 Å². The molecule has 1 aromatic carbocycles. The molecule has 0 amide bonds. The highest BCUT2D eigenvalue weighted by atomic mass is 32.2. The van der Waals surface area contributed by atoms with E-state index in [-0.39, 0.29) is 18.0 Å². The fourth-order valence-electron chi connectivity index (χ4n) is 1.15. The average Bonchev–Trinajstić information content (AvgIpc) is 2.18. The minimum Gasteiger partial charge on any atom is -0.395 e. The van der Waals surface area contributed by atoms with E-state index in [0.717, 1.165) is 9.87 Å². The topological polar surface area (TPSA) is 57.6 Å². The van der Waals surface area contributed by atoms with Crippen LogP contribution in [-0.2, 0) is 10.0 Å². The number of likely N-dealkylation sites (N-methyl/N-ethyl adjacent to an activating group) is 1. The Morgan fingerprint density at radius 1 is 1.27 bits per heavy atom. The van der Waals surface area contributed by atoms with Crippen molar-refractivity contribution in [3.05, 3.63) is 29.8 Å². The third-order valence-corrected chi connectivity index (χ3v) is 4.02. The van der Waals surface area contributed by atoms with Gasteiger partial charge >= 0.3 is 0 Å². The lowest BCUT2D eigenvalue weighted by Gasteiger charge is -2.15. The fourth-order valence-corrected chi connectivity index (χ4v) is 2.31. The summed E-state index contributed by atoms with van der Waals surface area (Å²) in [4.78, 5) is 0.254. The summed E-state index contributed by atoms with van der Waals surface area (Å²) in [5.41, 5.74) is 1.01. The van der Waals surface area contributed by atoms with Crippen molar-refractivity contribution in [1.29, 1.82) is 0 Å². The van der Waals surface area contributed by atoms with E-state index in [2.05, 4.69) is 0 Å². The van der Waals surface area contributed by atoms with Crippen LogP contribution >= 0.6 is 0 Å². The van der Waals surface area contributed by atoms with Gasteiger partial charge in [0, 0.05) is 13.6 Å². The van der Waals surface area contributed by atoms with Crippen LogP contribution in [0, 0.1) is 6.92 Å². The monoisotopic (exact) mass is 229 g/mol. The second-order valence-corrected chi connectivity index (χ2v) is 5.41. The zero-order valence-corrected chi connectivity index (χ0v) is 9.66. The molecular formula is C10H15NO3S. The Morgan fingerprint density at radius 3 is 2.27 bits per heavy atom. The summed E-state index contributed by atoms with van der Waals surface area (Å²) < 4.78 is 24.8. The Balaban J connectivity index is 3.01. The summed E-state index contributed by atoms with van der Waals surface area (Å²) in [6.45, 7) is 1.83. The van der Waals surface area contributed by atoms with Crippen LogP contribution in [0.4, 0.5) is 0 Å². The first-order valence-corrected chi connectivity index (χ1v) is 6.06. The van der Waals surface area contributed by atoms with Gasteiger partial charge in [-0.3, -0.25) is 0 Å². The van der Waals surface area contributed by atoms with Gasteiger partial charge in [0.05, 0.1) is 11.5 Å². The quantitative estimate of drug-likeness (QED) is 0.823. The highest BCUT2D eigenvalue weighted by Crippen LogP contribution is 2.14. The van der Waals surface area contributed by atoms with Crippen molar-refractivity contribution < 1.29 is 13.5 Å². The summed E-state index contributed by atoms with van der Waals surface area (Å²) in [6.07, 6.45) is 0. The summed E-state index contributed by atoms with van der Waals surface area (Å²) in [5.74, 6) is 0. The largest absolute Gasteiger partial charge is 0.395 e. The number of sulfonamides is 1. The van der Waals surface area contributed by atoms with Gasteiger partial charge in [-0.25, -0.2) is 8.42 Å². The maximum absolute atomic E-state index is 11.8. The SMILES string of the molecule is Cc1ccc(S(=O)(=O)N(C)CCO)cc1. The van der Waals surface area contributed by atoms with Gasteiger partial charge in [-0.05, 0) is 19.1 Å². The van der Waals surface area contributed by atoms with E-state index in [9.17, 15) is 8.42 Å². The molecule has 0 unspecified atom stereocenters. The zero-order valence-electron chi connectivity index (χ0n) is 8.84. The van der Waals surface area contributed by atoms with Crippen LogP contribution in [0.15, 0.2) is 29.2 Å². The lowest BCUT2D eigenvalue weighted by atomic mass is 10.2. The Kier molecular flexibility index (Phi) is 3.84. The smallest absolute Gasteiger partial charge is 0.242 e. The van der Waals surface area contributed by atoms with Crippen LogP contribution in [0.1, 0.15) is 5.56 Å². The minimum absolute atomic E-state index is 0.107. The Hall–Kier alpha value is -0.910. The van der Waals surface area contributed by atoms with Gasteiger partial charge in [0.1, 0.15) is 0 Å².